The Kier molecular flexibility index (Phi) is 7.47. The van der Waals surface area contributed by atoms with Crippen LogP contribution in [0, 0.1) is 11.6 Å². The van der Waals surface area contributed by atoms with Crippen LogP contribution in [0.15, 0.2) is 48.5 Å². The zero-order chi connectivity index (χ0) is 20.7. The highest BCUT2D eigenvalue weighted by atomic mass is 32.2. The summed E-state index contributed by atoms with van der Waals surface area (Å²) in [5, 5.41) is 2.63. The second kappa shape index (κ2) is 9.61. The van der Waals surface area contributed by atoms with E-state index >= 15 is 0 Å². The molecule has 0 atom stereocenters. The highest BCUT2D eigenvalue weighted by molar-refractivity contribution is 7.90. The largest absolute Gasteiger partial charge is 0.355 e. The fourth-order valence-corrected chi connectivity index (χ4v) is 3.57. The van der Waals surface area contributed by atoms with Crippen LogP contribution in [0.4, 0.5) is 14.5 Å². The number of hydrogen-bond donors (Lipinski definition) is 1. The van der Waals surface area contributed by atoms with E-state index in [1.54, 1.807) is 12.1 Å². The molecule has 0 radical (unpaired) electrons. The Morgan fingerprint density at radius 2 is 1.68 bits per heavy atom. The van der Waals surface area contributed by atoms with E-state index in [4.69, 9.17) is 0 Å². The van der Waals surface area contributed by atoms with Gasteiger partial charge in [0.05, 0.1) is 5.69 Å². The van der Waals surface area contributed by atoms with Crippen molar-refractivity contribution in [2.45, 2.75) is 12.8 Å². The van der Waals surface area contributed by atoms with E-state index in [0.29, 0.717) is 19.4 Å². The SMILES string of the molecule is CN(C)S(=O)(=O)N(CC(=O)NCCCc1ccc(F)cc1)c1ccccc1F. The first-order valence-electron chi connectivity index (χ1n) is 8.67. The lowest BCUT2D eigenvalue weighted by atomic mass is 10.1. The zero-order valence-corrected chi connectivity index (χ0v) is 16.5. The molecule has 0 aliphatic carbocycles. The van der Waals surface area contributed by atoms with Gasteiger partial charge in [-0.25, -0.2) is 13.1 Å². The van der Waals surface area contributed by atoms with Gasteiger partial charge < -0.3 is 5.32 Å². The molecule has 0 unspecified atom stereocenters. The Labute approximate surface area is 164 Å². The molecule has 6 nitrogen and oxygen atoms in total. The molecule has 0 aliphatic rings. The Hall–Kier alpha value is -2.52. The molecule has 2 aromatic rings. The average molecular weight is 411 g/mol. The summed E-state index contributed by atoms with van der Waals surface area (Å²) in [6.07, 6.45) is 1.23. The third kappa shape index (κ3) is 5.74. The van der Waals surface area contributed by atoms with Gasteiger partial charge in [0, 0.05) is 20.6 Å². The van der Waals surface area contributed by atoms with E-state index in [2.05, 4.69) is 5.32 Å². The van der Waals surface area contributed by atoms with Gasteiger partial charge in [0.1, 0.15) is 18.2 Å². The number of rotatable bonds is 9. The molecule has 0 spiro atoms. The quantitative estimate of drug-likeness (QED) is 0.644. The first kappa shape index (κ1) is 21.8. The van der Waals surface area contributed by atoms with Crippen molar-refractivity contribution in [1.82, 2.24) is 9.62 Å². The highest BCUT2D eigenvalue weighted by Gasteiger charge is 2.29. The summed E-state index contributed by atoms with van der Waals surface area (Å²) >= 11 is 0. The van der Waals surface area contributed by atoms with Crippen molar-refractivity contribution in [3.8, 4) is 0 Å². The van der Waals surface area contributed by atoms with Crippen LogP contribution >= 0.6 is 0 Å². The first-order chi connectivity index (χ1) is 13.2. The van der Waals surface area contributed by atoms with E-state index in [1.165, 1.54) is 44.4 Å². The molecule has 1 N–H and O–H groups in total. The molecule has 0 saturated heterocycles. The van der Waals surface area contributed by atoms with Crippen LogP contribution in [0.3, 0.4) is 0 Å². The number of aryl methyl sites for hydroxylation is 1. The zero-order valence-electron chi connectivity index (χ0n) is 15.7. The molecule has 0 aliphatic heterocycles. The van der Waals surface area contributed by atoms with Crippen LogP contribution in [0.25, 0.3) is 0 Å². The first-order valence-corrected chi connectivity index (χ1v) is 10.1. The molecule has 0 fully saturated rings. The van der Waals surface area contributed by atoms with E-state index in [9.17, 15) is 22.0 Å². The second-order valence-electron chi connectivity index (χ2n) is 6.33. The minimum absolute atomic E-state index is 0.197. The van der Waals surface area contributed by atoms with E-state index in [1.807, 2.05) is 0 Å². The van der Waals surface area contributed by atoms with Gasteiger partial charge in [-0.05, 0) is 42.7 Å². The molecule has 1 amide bonds. The highest BCUT2D eigenvalue weighted by Crippen LogP contribution is 2.22. The summed E-state index contributed by atoms with van der Waals surface area (Å²) in [4.78, 5) is 12.3. The van der Waals surface area contributed by atoms with Crippen LogP contribution in [0.1, 0.15) is 12.0 Å². The van der Waals surface area contributed by atoms with Crippen molar-refractivity contribution in [2.75, 3.05) is 31.5 Å². The lowest BCUT2D eigenvalue weighted by Gasteiger charge is -2.27. The number of hydrogen-bond acceptors (Lipinski definition) is 3. The standard InChI is InChI=1S/C19H23F2N3O3S/c1-23(2)28(26,27)24(18-8-4-3-7-17(18)21)14-19(25)22-13-5-6-15-9-11-16(20)12-10-15/h3-4,7-12H,5-6,13-14H2,1-2H3,(H,22,25). The number of para-hydroxylation sites is 1. The van der Waals surface area contributed by atoms with Gasteiger partial charge in [0.25, 0.3) is 0 Å². The summed E-state index contributed by atoms with van der Waals surface area (Å²) in [6.45, 7) is -0.235. The lowest BCUT2D eigenvalue weighted by Crippen LogP contribution is -2.46. The van der Waals surface area contributed by atoms with Crippen LogP contribution in [0.5, 0.6) is 0 Å². The third-order valence-corrected chi connectivity index (χ3v) is 5.83. The number of amides is 1. The Morgan fingerprint density at radius 1 is 1.04 bits per heavy atom. The number of benzene rings is 2. The number of anilines is 1. The van der Waals surface area contributed by atoms with Crippen molar-refractivity contribution in [3.05, 3.63) is 65.7 Å². The summed E-state index contributed by atoms with van der Waals surface area (Å²) in [5.74, 6) is -1.60. The number of carbonyl (C=O) groups excluding carboxylic acids is 1. The second-order valence-corrected chi connectivity index (χ2v) is 8.39. The molecule has 0 bridgehead atoms. The fraction of sp³-hybridized carbons (Fsp3) is 0.316. The summed E-state index contributed by atoms with van der Waals surface area (Å²) < 4.78 is 53.7. The maximum absolute atomic E-state index is 14.1. The molecular weight excluding hydrogens is 388 g/mol. The third-order valence-electron chi connectivity index (χ3n) is 4.03. The number of carbonyl (C=O) groups is 1. The average Bonchev–Trinajstić information content (AvgIpc) is 2.65. The Balaban J connectivity index is 1.98. The van der Waals surface area contributed by atoms with Crippen molar-refractivity contribution in [1.29, 1.82) is 0 Å². The maximum atomic E-state index is 14.1. The molecule has 0 saturated carbocycles. The van der Waals surface area contributed by atoms with Gasteiger partial charge in [0.2, 0.25) is 5.91 Å². The Bertz CT molecular complexity index is 903. The Morgan fingerprint density at radius 3 is 2.29 bits per heavy atom. The van der Waals surface area contributed by atoms with Gasteiger partial charge in [-0.2, -0.15) is 12.7 Å². The predicted molar refractivity (Wildman–Crippen MR) is 104 cm³/mol. The number of nitrogens with one attached hydrogen (secondary N) is 1. The smallest absolute Gasteiger partial charge is 0.304 e. The lowest BCUT2D eigenvalue weighted by molar-refractivity contribution is -0.119. The minimum Gasteiger partial charge on any atom is -0.355 e. The van der Waals surface area contributed by atoms with Crippen molar-refractivity contribution in [2.24, 2.45) is 0 Å². The van der Waals surface area contributed by atoms with Crippen molar-refractivity contribution < 1.29 is 22.0 Å². The fourth-order valence-electron chi connectivity index (χ4n) is 2.50. The van der Waals surface area contributed by atoms with Gasteiger partial charge in [-0.15, -0.1) is 0 Å². The maximum Gasteiger partial charge on any atom is 0.304 e. The molecule has 28 heavy (non-hydrogen) atoms. The number of nitrogens with zero attached hydrogens (tertiary/aromatic N) is 2. The van der Waals surface area contributed by atoms with E-state index in [0.717, 1.165) is 20.2 Å². The summed E-state index contributed by atoms with van der Waals surface area (Å²) in [7, 11) is -1.44. The molecule has 9 heteroatoms. The molecule has 152 valence electrons. The normalized spacial score (nSPS) is 11.5. The molecule has 2 rings (SSSR count). The molecule has 2 aromatic carbocycles. The predicted octanol–water partition coefficient (Wildman–Crippen LogP) is 2.33. The van der Waals surface area contributed by atoms with Gasteiger partial charge in [-0.1, -0.05) is 24.3 Å². The molecular formula is C19H23F2N3O3S. The van der Waals surface area contributed by atoms with Gasteiger partial charge >= 0.3 is 10.2 Å². The van der Waals surface area contributed by atoms with Crippen molar-refractivity contribution in [3.63, 3.8) is 0 Å². The monoisotopic (exact) mass is 411 g/mol. The van der Waals surface area contributed by atoms with Crippen LogP contribution < -0.4 is 9.62 Å². The summed E-state index contributed by atoms with van der Waals surface area (Å²) in [5.41, 5.74) is 0.733. The molecule has 0 heterocycles. The summed E-state index contributed by atoms with van der Waals surface area (Å²) in [6, 6.07) is 11.4. The molecule has 0 aromatic heterocycles. The topological polar surface area (TPSA) is 69.7 Å². The van der Waals surface area contributed by atoms with E-state index < -0.39 is 28.5 Å². The minimum atomic E-state index is -4.06. The van der Waals surface area contributed by atoms with Crippen LogP contribution in [0.2, 0.25) is 0 Å². The number of halogens is 2. The van der Waals surface area contributed by atoms with Gasteiger partial charge in [0.15, 0.2) is 0 Å². The van der Waals surface area contributed by atoms with Crippen LogP contribution in [-0.4, -0.2) is 45.8 Å². The van der Waals surface area contributed by atoms with Gasteiger partial charge in [-0.3, -0.25) is 4.79 Å². The van der Waals surface area contributed by atoms with Crippen molar-refractivity contribution >= 4 is 21.8 Å². The van der Waals surface area contributed by atoms with E-state index in [-0.39, 0.29) is 11.5 Å². The van der Waals surface area contributed by atoms with Crippen LogP contribution in [-0.2, 0) is 21.4 Å².